The molecule has 0 bridgehead atoms. The quantitative estimate of drug-likeness (QED) is 0.711. The topological polar surface area (TPSA) is 70.4 Å². The molecular formula is C20H28N4O2. The predicted molar refractivity (Wildman–Crippen MR) is 101 cm³/mol. The maximum Gasteiger partial charge on any atom is 0.292 e. The van der Waals surface area contributed by atoms with Gasteiger partial charge in [0.2, 0.25) is 5.76 Å². The average Bonchev–Trinajstić information content (AvgIpc) is 3.30. The molecule has 0 radical (unpaired) electrons. The van der Waals surface area contributed by atoms with Crippen LogP contribution in [0.3, 0.4) is 0 Å². The van der Waals surface area contributed by atoms with E-state index in [2.05, 4.69) is 46.3 Å². The van der Waals surface area contributed by atoms with Crippen LogP contribution < -0.4 is 10.9 Å². The van der Waals surface area contributed by atoms with Crippen LogP contribution in [-0.4, -0.2) is 35.6 Å². The van der Waals surface area contributed by atoms with Crippen molar-refractivity contribution in [2.24, 2.45) is 0 Å². The summed E-state index contributed by atoms with van der Waals surface area (Å²) in [6.45, 7) is 2.55. The summed E-state index contributed by atoms with van der Waals surface area (Å²) in [5, 5.41) is 3.77. The normalized spacial score (nSPS) is 19.6. The van der Waals surface area contributed by atoms with Crippen molar-refractivity contribution in [1.82, 2.24) is 20.9 Å². The Morgan fingerprint density at radius 2 is 2.04 bits per heavy atom. The minimum absolute atomic E-state index is 0.0991. The van der Waals surface area contributed by atoms with Crippen LogP contribution in [0.15, 0.2) is 40.9 Å². The molecule has 1 aliphatic rings. The molecule has 2 unspecified atom stereocenters. The summed E-state index contributed by atoms with van der Waals surface area (Å²) in [5.74, 6) is 0.219. The zero-order valence-electron chi connectivity index (χ0n) is 15.6. The molecule has 2 atom stereocenters. The Balaban J connectivity index is 1.30. The number of carbonyl (C=O) groups is 1. The van der Waals surface area contributed by atoms with E-state index in [0.717, 1.165) is 44.3 Å². The lowest BCUT2D eigenvalue weighted by atomic mass is 9.99. The summed E-state index contributed by atoms with van der Waals surface area (Å²) < 4.78 is 5.03. The van der Waals surface area contributed by atoms with Crippen LogP contribution in [0.1, 0.15) is 60.0 Å². The van der Waals surface area contributed by atoms with E-state index in [9.17, 15) is 4.79 Å². The van der Waals surface area contributed by atoms with E-state index in [4.69, 9.17) is 4.52 Å². The van der Waals surface area contributed by atoms with Crippen molar-refractivity contribution in [3.05, 3.63) is 53.4 Å². The average molecular weight is 356 g/mol. The largest absolute Gasteiger partial charge is 0.351 e. The van der Waals surface area contributed by atoms with Gasteiger partial charge in [-0.25, -0.2) is 0 Å². The number of benzene rings is 1. The number of aryl methyl sites for hydroxylation is 1. The second-order valence-electron chi connectivity index (χ2n) is 7.09. The summed E-state index contributed by atoms with van der Waals surface area (Å²) in [5.41, 5.74) is 8.88. The first-order chi connectivity index (χ1) is 12.6. The molecule has 2 aromatic rings. The first-order valence-electron chi connectivity index (χ1n) is 9.38. The van der Waals surface area contributed by atoms with Crippen LogP contribution in [0.2, 0.25) is 0 Å². The molecule has 1 amide bonds. The highest BCUT2D eigenvalue weighted by molar-refractivity contribution is 5.91. The fraction of sp³-hybridized carbons (Fsp3) is 0.500. The fourth-order valence-corrected chi connectivity index (χ4v) is 3.39. The van der Waals surface area contributed by atoms with E-state index < -0.39 is 0 Å². The number of hydrazine groups is 1. The summed E-state index contributed by atoms with van der Waals surface area (Å²) in [6, 6.07) is 13.2. The van der Waals surface area contributed by atoms with Crippen molar-refractivity contribution in [3.8, 4) is 0 Å². The maximum absolute atomic E-state index is 12.2. The Morgan fingerprint density at radius 3 is 2.77 bits per heavy atom. The van der Waals surface area contributed by atoms with Crippen LogP contribution in [0, 0.1) is 6.92 Å². The number of amides is 1. The lowest BCUT2D eigenvalue weighted by molar-refractivity contribution is 0.0751. The molecule has 1 aromatic heterocycles. The lowest BCUT2D eigenvalue weighted by Gasteiger charge is -2.15. The third-order valence-electron chi connectivity index (χ3n) is 4.92. The number of hydrogen-bond donors (Lipinski definition) is 2. The number of nitrogens with one attached hydrogen (secondary N) is 2. The van der Waals surface area contributed by atoms with E-state index in [0.29, 0.717) is 17.8 Å². The summed E-state index contributed by atoms with van der Waals surface area (Å²) in [6.07, 6.45) is 5.53. The van der Waals surface area contributed by atoms with Crippen molar-refractivity contribution in [1.29, 1.82) is 0 Å². The van der Waals surface area contributed by atoms with Crippen LogP contribution in [-0.2, 0) is 0 Å². The molecule has 1 aliphatic heterocycles. The second kappa shape index (κ2) is 8.96. The number of aromatic nitrogens is 1. The number of unbranched alkanes of at least 4 members (excludes halogenated alkanes) is 2. The molecule has 6 heteroatoms. The molecule has 1 aromatic carbocycles. The first kappa shape index (κ1) is 18.6. The number of hydrogen-bond acceptors (Lipinski definition) is 5. The van der Waals surface area contributed by atoms with Gasteiger partial charge in [0.25, 0.3) is 5.91 Å². The SMILES string of the molecule is Cc1cc(C(=O)N(C)CCCCCC2CC(c3ccccc3)NN2)on1. The molecular weight excluding hydrogens is 328 g/mol. The van der Waals surface area contributed by atoms with Crippen molar-refractivity contribution in [2.45, 2.75) is 51.1 Å². The number of rotatable bonds is 8. The van der Waals surface area contributed by atoms with E-state index in [1.807, 2.05) is 14.0 Å². The van der Waals surface area contributed by atoms with Crippen LogP contribution in [0.5, 0.6) is 0 Å². The van der Waals surface area contributed by atoms with Gasteiger partial charge in [0.15, 0.2) is 0 Å². The molecule has 26 heavy (non-hydrogen) atoms. The molecule has 1 fully saturated rings. The molecule has 6 nitrogen and oxygen atoms in total. The van der Waals surface area contributed by atoms with Crippen LogP contribution >= 0.6 is 0 Å². The third-order valence-corrected chi connectivity index (χ3v) is 4.92. The second-order valence-corrected chi connectivity index (χ2v) is 7.09. The van der Waals surface area contributed by atoms with Crippen molar-refractivity contribution < 1.29 is 9.32 Å². The van der Waals surface area contributed by atoms with Gasteiger partial charge < -0.3 is 9.42 Å². The van der Waals surface area contributed by atoms with Crippen molar-refractivity contribution in [2.75, 3.05) is 13.6 Å². The summed E-state index contributed by atoms with van der Waals surface area (Å²) in [7, 11) is 1.81. The van der Waals surface area contributed by atoms with E-state index >= 15 is 0 Å². The Hall–Kier alpha value is -2.18. The van der Waals surface area contributed by atoms with Gasteiger partial charge >= 0.3 is 0 Å². The summed E-state index contributed by atoms with van der Waals surface area (Å²) in [4.78, 5) is 13.9. The smallest absolute Gasteiger partial charge is 0.292 e. The Labute approximate surface area is 154 Å². The van der Waals surface area contributed by atoms with Gasteiger partial charge in [-0.1, -0.05) is 48.3 Å². The molecule has 0 aliphatic carbocycles. The predicted octanol–water partition coefficient (Wildman–Crippen LogP) is 3.22. The zero-order chi connectivity index (χ0) is 18.4. The highest BCUT2D eigenvalue weighted by atomic mass is 16.5. The Kier molecular flexibility index (Phi) is 6.41. The molecule has 140 valence electrons. The Bertz CT molecular complexity index is 701. The molecule has 1 saturated heterocycles. The molecule has 2 N–H and O–H groups in total. The fourth-order valence-electron chi connectivity index (χ4n) is 3.39. The van der Waals surface area contributed by atoms with Crippen molar-refractivity contribution in [3.63, 3.8) is 0 Å². The van der Waals surface area contributed by atoms with Gasteiger partial charge in [-0.2, -0.15) is 0 Å². The molecule has 2 heterocycles. The van der Waals surface area contributed by atoms with Gasteiger partial charge in [0.1, 0.15) is 0 Å². The Morgan fingerprint density at radius 1 is 1.23 bits per heavy atom. The van der Waals surface area contributed by atoms with Gasteiger partial charge in [-0.05, 0) is 31.7 Å². The monoisotopic (exact) mass is 356 g/mol. The van der Waals surface area contributed by atoms with Gasteiger partial charge in [0, 0.05) is 31.7 Å². The van der Waals surface area contributed by atoms with Gasteiger partial charge in [-0.3, -0.25) is 15.6 Å². The standard InChI is InChI=1S/C20H28N4O2/c1-15-13-19(26-23-15)20(25)24(2)12-8-4-7-11-17-14-18(22-21-17)16-9-5-3-6-10-16/h3,5-6,9-10,13,17-18,21-22H,4,7-8,11-12,14H2,1-2H3. The van der Waals surface area contributed by atoms with E-state index in [1.165, 1.54) is 5.56 Å². The minimum Gasteiger partial charge on any atom is -0.351 e. The van der Waals surface area contributed by atoms with Crippen LogP contribution in [0.25, 0.3) is 0 Å². The number of nitrogens with zero attached hydrogens (tertiary/aromatic N) is 2. The van der Waals surface area contributed by atoms with E-state index in [-0.39, 0.29) is 5.91 Å². The lowest BCUT2D eigenvalue weighted by Crippen LogP contribution is -2.30. The van der Waals surface area contributed by atoms with Crippen LogP contribution in [0.4, 0.5) is 0 Å². The zero-order valence-corrected chi connectivity index (χ0v) is 15.6. The summed E-state index contributed by atoms with van der Waals surface area (Å²) >= 11 is 0. The highest BCUT2D eigenvalue weighted by Crippen LogP contribution is 2.24. The molecule has 0 saturated carbocycles. The van der Waals surface area contributed by atoms with Crippen molar-refractivity contribution >= 4 is 5.91 Å². The van der Waals surface area contributed by atoms with Gasteiger partial charge in [-0.15, -0.1) is 0 Å². The highest BCUT2D eigenvalue weighted by Gasteiger charge is 2.24. The molecule has 0 spiro atoms. The van der Waals surface area contributed by atoms with E-state index in [1.54, 1.807) is 11.0 Å². The third kappa shape index (κ3) is 4.93. The maximum atomic E-state index is 12.2. The first-order valence-corrected chi connectivity index (χ1v) is 9.38. The van der Waals surface area contributed by atoms with Gasteiger partial charge in [0.05, 0.1) is 5.69 Å². The minimum atomic E-state index is -0.0991. The number of carbonyl (C=O) groups excluding carboxylic acids is 1. The molecule has 3 rings (SSSR count).